The van der Waals surface area contributed by atoms with Gasteiger partial charge in [-0.2, -0.15) is 5.10 Å². The van der Waals surface area contributed by atoms with E-state index in [0.717, 1.165) is 17.1 Å². The zero-order chi connectivity index (χ0) is 25.7. The van der Waals surface area contributed by atoms with Crippen LogP contribution < -0.4 is 14.9 Å². The first-order valence-corrected chi connectivity index (χ1v) is 11.0. The van der Waals surface area contributed by atoms with E-state index in [2.05, 4.69) is 41.1 Å². The molecule has 0 aliphatic heterocycles. The van der Waals surface area contributed by atoms with Crippen LogP contribution in [-0.4, -0.2) is 28.7 Å². The van der Waals surface area contributed by atoms with E-state index in [1.54, 1.807) is 12.1 Å². The van der Waals surface area contributed by atoms with Crippen LogP contribution in [0.1, 0.15) is 33.3 Å². The lowest BCUT2D eigenvalue weighted by molar-refractivity contribution is -0.385. The van der Waals surface area contributed by atoms with Gasteiger partial charge in [-0.05, 0) is 74.5 Å². The molecule has 0 saturated carbocycles. The Hall–Kier alpha value is -4.86. The van der Waals surface area contributed by atoms with Crippen LogP contribution in [0.5, 0.6) is 11.5 Å². The van der Waals surface area contributed by atoms with Crippen molar-refractivity contribution in [1.82, 2.24) is 9.99 Å². The van der Waals surface area contributed by atoms with Crippen molar-refractivity contribution in [3.8, 4) is 17.2 Å². The molecule has 184 valence electrons. The maximum Gasteiger partial charge on any atom is 0.311 e. The van der Waals surface area contributed by atoms with Crippen LogP contribution in [0.15, 0.2) is 76.2 Å². The maximum atomic E-state index is 12.3. The van der Waals surface area contributed by atoms with Crippen molar-refractivity contribution in [2.45, 2.75) is 20.5 Å². The fraction of sp³-hybridized carbons (Fsp3) is 0.154. The summed E-state index contributed by atoms with van der Waals surface area (Å²) < 4.78 is 18.4. The molecule has 1 amide bonds. The molecule has 0 spiro atoms. The van der Waals surface area contributed by atoms with Gasteiger partial charge in [-0.15, -0.1) is 0 Å². The van der Waals surface area contributed by atoms with Crippen LogP contribution in [0.4, 0.5) is 5.69 Å². The summed E-state index contributed by atoms with van der Waals surface area (Å²) in [5.41, 5.74) is 5.90. The number of nitrogens with zero attached hydrogens (tertiary/aromatic N) is 3. The Labute approximate surface area is 206 Å². The number of ether oxygens (including phenoxy) is 2. The van der Waals surface area contributed by atoms with Crippen molar-refractivity contribution >= 4 is 17.8 Å². The van der Waals surface area contributed by atoms with Crippen molar-refractivity contribution in [3.63, 3.8) is 0 Å². The second-order valence-electron chi connectivity index (χ2n) is 7.89. The minimum atomic E-state index is -0.567. The second kappa shape index (κ2) is 10.6. The Kier molecular flexibility index (Phi) is 7.15. The molecule has 2 aromatic carbocycles. The third-order valence-electron chi connectivity index (χ3n) is 5.41. The number of aryl methyl sites for hydroxylation is 2. The first-order chi connectivity index (χ1) is 17.4. The first-order valence-electron chi connectivity index (χ1n) is 11.0. The predicted octanol–water partition coefficient (Wildman–Crippen LogP) is 4.95. The normalized spacial score (nSPS) is 11.0. The molecule has 36 heavy (non-hydrogen) atoms. The monoisotopic (exact) mass is 488 g/mol. The zero-order valence-electron chi connectivity index (χ0n) is 19.9. The van der Waals surface area contributed by atoms with E-state index in [9.17, 15) is 14.9 Å². The highest BCUT2D eigenvalue weighted by Gasteiger charge is 2.15. The number of amides is 1. The lowest BCUT2D eigenvalue weighted by Crippen LogP contribution is -2.16. The number of furan rings is 1. The number of hydrogen-bond donors (Lipinski definition) is 1. The minimum Gasteiger partial charge on any atom is -0.490 e. The van der Waals surface area contributed by atoms with Gasteiger partial charge in [-0.25, -0.2) is 5.43 Å². The summed E-state index contributed by atoms with van der Waals surface area (Å²) in [5, 5.41) is 15.0. The summed E-state index contributed by atoms with van der Waals surface area (Å²) in [6.07, 6.45) is 1.29. The summed E-state index contributed by atoms with van der Waals surface area (Å²) in [5.74, 6) is 0.758. The fourth-order valence-electron chi connectivity index (χ4n) is 3.65. The summed E-state index contributed by atoms with van der Waals surface area (Å²) in [4.78, 5) is 22.9. The van der Waals surface area contributed by atoms with E-state index in [1.165, 1.54) is 31.5 Å². The molecule has 4 rings (SSSR count). The van der Waals surface area contributed by atoms with E-state index in [-0.39, 0.29) is 23.8 Å². The van der Waals surface area contributed by atoms with E-state index >= 15 is 0 Å². The second-order valence-corrected chi connectivity index (χ2v) is 7.89. The first kappa shape index (κ1) is 24.3. The molecule has 4 aromatic rings. The van der Waals surface area contributed by atoms with Gasteiger partial charge >= 0.3 is 11.6 Å². The van der Waals surface area contributed by atoms with Crippen LogP contribution in [0.25, 0.3) is 5.69 Å². The number of aromatic nitrogens is 1. The number of carbonyl (C=O) groups excluding carboxylic acids is 1. The van der Waals surface area contributed by atoms with Gasteiger partial charge in [0.05, 0.1) is 18.2 Å². The van der Waals surface area contributed by atoms with Crippen molar-refractivity contribution in [2.75, 3.05) is 7.11 Å². The summed E-state index contributed by atoms with van der Waals surface area (Å²) in [6.45, 7) is 4.25. The molecule has 0 fully saturated rings. The number of nitrogens with one attached hydrogen (secondary N) is 1. The number of nitro groups is 1. The Morgan fingerprint density at radius 2 is 1.81 bits per heavy atom. The van der Waals surface area contributed by atoms with Crippen LogP contribution >= 0.6 is 0 Å². The molecular formula is C26H24N4O6. The molecule has 0 aliphatic rings. The molecule has 0 radical (unpaired) electrons. The molecule has 0 saturated heterocycles. The molecule has 0 bridgehead atoms. The standard InChI is InChI=1S/C26H24N4O6/c1-17-4-5-18(2)29(17)20-7-9-21(10-8-20)35-16-22-11-13-25(36-22)26(31)28-27-15-19-6-12-24(34-3)23(14-19)30(32)33/h4-15H,16H2,1-3H3,(H,28,31)/b27-15+. The number of carbonyl (C=O) groups is 1. The number of nitro benzene ring substituents is 1. The van der Waals surface area contributed by atoms with Crippen LogP contribution in [0, 0.1) is 24.0 Å². The van der Waals surface area contributed by atoms with Gasteiger partial charge in [0.25, 0.3) is 0 Å². The summed E-state index contributed by atoms with van der Waals surface area (Å²) >= 11 is 0. The molecule has 0 atom stereocenters. The van der Waals surface area contributed by atoms with Crippen LogP contribution in [-0.2, 0) is 6.61 Å². The third kappa shape index (κ3) is 5.44. The lowest BCUT2D eigenvalue weighted by Gasteiger charge is -2.10. The van der Waals surface area contributed by atoms with E-state index in [0.29, 0.717) is 17.1 Å². The number of hydrogen-bond acceptors (Lipinski definition) is 7. The number of rotatable bonds is 9. The molecule has 2 aromatic heterocycles. The average molecular weight is 489 g/mol. The maximum absolute atomic E-state index is 12.3. The highest BCUT2D eigenvalue weighted by atomic mass is 16.6. The van der Waals surface area contributed by atoms with Gasteiger partial charge in [-0.3, -0.25) is 14.9 Å². The fourth-order valence-corrected chi connectivity index (χ4v) is 3.65. The SMILES string of the molecule is COc1ccc(/C=N/NC(=O)c2ccc(COc3ccc(-n4c(C)ccc4C)cc3)o2)cc1[N+](=O)[O-]. The number of benzene rings is 2. The van der Waals surface area contributed by atoms with E-state index in [4.69, 9.17) is 13.9 Å². The highest BCUT2D eigenvalue weighted by Crippen LogP contribution is 2.27. The Balaban J connectivity index is 1.32. The summed E-state index contributed by atoms with van der Waals surface area (Å²) in [6, 6.07) is 19.3. The topological polar surface area (TPSA) is 121 Å². The Bertz CT molecular complexity index is 1400. The molecule has 2 heterocycles. The highest BCUT2D eigenvalue weighted by molar-refractivity contribution is 5.92. The predicted molar refractivity (Wildman–Crippen MR) is 133 cm³/mol. The molecule has 1 N–H and O–H groups in total. The minimum absolute atomic E-state index is 0.0559. The number of methoxy groups -OCH3 is 1. The lowest BCUT2D eigenvalue weighted by atomic mass is 10.2. The summed E-state index contributed by atoms with van der Waals surface area (Å²) in [7, 11) is 1.35. The van der Waals surface area contributed by atoms with Gasteiger partial charge in [0, 0.05) is 28.7 Å². The molecular weight excluding hydrogens is 464 g/mol. The van der Waals surface area contributed by atoms with E-state index in [1.807, 2.05) is 24.3 Å². The Morgan fingerprint density at radius 3 is 2.47 bits per heavy atom. The molecule has 0 aliphatic carbocycles. The Morgan fingerprint density at radius 1 is 1.08 bits per heavy atom. The number of hydrazone groups is 1. The largest absolute Gasteiger partial charge is 0.490 e. The van der Waals surface area contributed by atoms with Gasteiger partial charge in [0.1, 0.15) is 18.1 Å². The molecule has 10 nitrogen and oxygen atoms in total. The van der Waals surface area contributed by atoms with E-state index < -0.39 is 10.8 Å². The van der Waals surface area contributed by atoms with Crippen molar-refractivity contribution in [3.05, 3.63) is 105 Å². The third-order valence-corrected chi connectivity index (χ3v) is 5.41. The van der Waals surface area contributed by atoms with Gasteiger partial charge in [0.15, 0.2) is 11.5 Å². The van der Waals surface area contributed by atoms with Gasteiger partial charge in [0.2, 0.25) is 0 Å². The molecule has 10 heteroatoms. The molecule has 0 unspecified atom stereocenters. The van der Waals surface area contributed by atoms with Gasteiger partial charge in [-0.1, -0.05) is 0 Å². The average Bonchev–Trinajstić information content (AvgIpc) is 3.49. The zero-order valence-corrected chi connectivity index (χ0v) is 19.9. The quantitative estimate of drug-likeness (QED) is 0.202. The smallest absolute Gasteiger partial charge is 0.311 e. The van der Waals surface area contributed by atoms with Crippen molar-refractivity contribution < 1.29 is 23.6 Å². The van der Waals surface area contributed by atoms with Crippen molar-refractivity contribution in [2.24, 2.45) is 5.10 Å². The van der Waals surface area contributed by atoms with Gasteiger partial charge < -0.3 is 18.5 Å². The van der Waals surface area contributed by atoms with Crippen LogP contribution in [0.3, 0.4) is 0 Å². The van der Waals surface area contributed by atoms with Crippen LogP contribution in [0.2, 0.25) is 0 Å². The van der Waals surface area contributed by atoms with Crippen molar-refractivity contribution in [1.29, 1.82) is 0 Å².